The SMILES string of the molecule is NC(=S)c1cccc(OCC(O)CN2CC(O)C(O)C2)c1. The van der Waals surface area contributed by atoms with Gasteiger partial charge < -0.3 is 25.8 Å². The first kappa shape index (κ1) is 16.1. The van der Waals surface area contributed by atoms with Crippen LogP contribution in [0.5, 0.6) is 5.75 Å². The molecule has 21 heavy (non-hydrogen) atoms. The van der Waals surface area contributed by atoms with E-state index in [1.807, 2.05) is 0 Å². The minimum atomic E-state index is -0.750. The molecule has 0 aromatic heterocycles. The molecule has 3 unspecified atom stereocenters. The highest BCUT2D eigenvalue weighted by molar-refractivity contribution is 7.80. The van der Waals surface area contributed by atoms with E-state index >= 15 is 0 Å². The Balaban J connectivity index is 1.80. The Labute approximate surface area is 128 Å². The molecule has 1 saturated heterocycles. The molecule has 0 amide bonds. The highest BCUT2D eigenvalue weighted by Crippen LogP contribution is 2.14. The summed E-state index contributed by atoms with van der Waals surface area (Å²) in [6.07, 6.45) is -2.21. The van der Waals surface area contributed by atoms with Crippen LogP contribution in [0.15, 0.2) is 24.3 Å². The highest BCUT2D eigenvalue weighted by Gasteiger charge is 2.30. The number of aliphatic hydroxyl groups is 3. The molecule has 0 bridgehead atoms. The van der Waals surface area contributed by atoms with E-state index in [-0.39, 0.29) is 6.61 Å². The quantitative estimate of drug-likeness (QED) is 0.505. The molecular formula is C14H20N2O4S. The summed E-state index contributed by atoms with van der Waals surface area (Å²) in [6.45, 7) is 1.16. The molecule has 0 saturated carbocycles. The third-order valence-electron chi connectivity index (χ3n) is 3.36. The highest BCUT2D eigenvalue weighted by atomic mass is 32.1. The lowest BCUT2D eigenvalue weighted by molar-refractivity contribution is 0.0572. The summed E-state index contributed by atoms with van der Waals surface area (Å²) < 4.78 is 5.51. The fourth-order valence-corrected chi connectivity index (χ4v) is 2.41. The van der Waals surface area contributed by atoms with Gasteiger partial charge in [0.25, 0.3) is 0 Å². The van der Waals surface area contributed by atoms with Gasteiger partial charge in [-0.2, -0.15) is 0 Å². The van der Waals surface area contributed by atoms with Crippen LogP contribution in [-0.4, -0.2) is 69.8 Å². The summed E-state index contributed by atoms with van der Waals surface area (Å²) in [5, 5.41) is 28.8. The van der Waals surface area contributed by atoms with Crippen molar-refractivity contribution in [3.63, 3.8) is 0 Å². The minimum Gasteiger partial charge on any atom is -0.491 e. The van der Waals surface area contributed by atoms with Crippen molar-refractivity contribution in [2.75, 3.05) is 26.2 Å². The molecule has 1 aromatic rings. The molecule has 1 heterocycles. The molecule has 5 N–H and O–H groups in total. The van der Waals surface area contributed by atoms with Crippen LogP contribution in [-0.2, 0) is 0 Å². The predicted octanol–water partition coefficient (Wildman–Crippen LogP) is -0.902. The Morgan fingerprint density at radius 3 is 2.67 bits per heavy atom. The van der Waals surface area contributed by atoms with Gasteiger partial charge in [-0.15, -0.1) is 0 Å². The molecular weight excluding hydrogens is 292 g/mol. The fourth-order valence-electron chi connectivity index (χ4n) is 2.28. The summed E-state index contributed by atoms with van der Waals surface area (Å²) in [6, 6.07) is 7.05. The van der Waals surface area contributed by atoms with Crippen LogP contribution in [0.25, 0.3) is 0 Å². The third kappa shape index (κ3) is 4.62. The maximum Gasteiger partial charge on any atom is 0.120 e. The van der Waals surface area contributed by atoms with E-state index in [1.54, 1.807) is 29.2 Å². The largest absolute Gasteiger partial charge is 0.491 e. The van der Waals surface area contributed by atoms with Gasteiger partial charge in [-0.3, -0.25) is 4.90 Å². The van der Waals surface area contributed by atoms with E-state index in [1.165, 1.54) is 0 Å². The van der Waals surface area contributed by atoms with Crippen LogP contribution in [0.3, 0.4) is 0 Å². The smallest absolute Gasteiger partial charge is 0.120 e. The minimum absolute atomic E-state index is 0.115. The number of likely N-dealkylation sites (tertiary alicyclic amines) is 1. The molecule has 1 fully saturated rings. The van der Waals surface area contributed by atoms with Gasteiger partial charge in [-0.1, -0.05) is 24.4 Å². The van der Waals surface area contributed by atoms with Crippen LogP contribution in [0, 0.1) is 0 Å². The van der Waals surface area contributed by atoms with Gasteiger partial charge in [0.2, 0.25) is 0 Å². The van der Waals surface area contributed by atoms with Crippen molar-refractivity contribution >= 4 is 17.2 Å². The second-order valence-corrected chi connectivity index (χ2v) is 5.65. The normalized spacial score (nSPS) is 24.0. The second-order valence-electron chi connectivity index (χ2n) is 5.21. The van der Waals surface area contributed by atoms with Gasteiger partial charge in [0, 0.05) is 25.2 Å². The Bertz CT molecular complexity index is 490. The zero-order valence-corrected chi connectivity index (χ0v) is 12.4. The Morgan fingerprint density at radius 2 is 2.05 bits per heavy atom. The van der Waals surface area contributed by atoms with Crippen molar-refractivity contribution < 1.29 is 20.1 Å². The summed E-state index contributed by atoms with van der Waals surface area (Å²) in [4.78, 5) is 2.09. The third-order valence-corrected chi connectivity index (χ3v) is 3.60. The van der Waals surface area contributed by atoms with E-state index in [2.05, 4.69) is 0 Å². The molecule has 0 aliphatic carbocycles. The number of aliphatic hydroxyl groups excluding tert-OH is 3. The van der Waals surface area contributed by atoms with Crippen molar-refractivity contribution in [2.24, 2.45) is 5.73 Å². The second kappa shape index (κ2) is 7.15. The van der Waals surface area contributed by atoms with E-state index in [0.717, 1.165) is 0 Å². The molecule has 1 aromatic carbocycles. The number of ether oxygens (including phenoxy) is 1. The van der Waals surface area contributed by atoms with Crippen LogP contribution in [0.2, 0.25) is 0 Å². The molecule has 0 radical (unpaired) electrons. The molecule has 2 rings (SSSR count). The molecule has 3 atom stereocenters. The molecule has 116 valence electrons. The Hall–Kier alpha value is -1.25. The number of nitrogens with two attached hydrogens (primary N) is 1. The molecule has 1 aliphatic rings. The summed E-state index contributed by atoms with van der Waals surface area (Å²) >= 11 is 4.89. The zero-order chi connectivity index (χ0) is 15.4. The van der Waals surface area contributed by atoms with E-state index in [4.69, 9.17) is 22.7 Å². The number of rotatable bonds is 6. The average molecular weight is 312 g/mol. The number of nitrogens with zero attached hydrogens (tertiary/aromatic N) is 1. The van der Waals surface area contributed by atoms with Gasteiger partial charge in [0.05, 0.1) is 12.2 Å². The van der Waals surface area contributed by atoms with Gasteiger partial charge in [-0.25, -0.2) is 0 Å². The maximum absolute atomic E-state index is 9.94. The molecule has 7 heteroatoms. The van der Waals surface area contributed by atoms with Gasteiger partial charge in [0.1, 0.15) is 23.4 Å². The summed E-state index contributed by atoms with van der Waals surface area (Å²) in [5.74, 6) is 0.584. The number of β-amino-alcohol motifs (C(OH)–C–C–N with tert-alkyl or cyclic N) is 3. The zero-order valence-electron chi connectivity index (χ0n) is 11.6. The van der Waals surface area contributed by atoms with Crippen LogP contribution in [0.4, 0.5) is 0 Å². The standard InChI is InChI=1S/C14H20N2O4S/c15-14(21)9-2-1-3-11(4-9)20-8-10(17)5-16-6-12(18)13(19)7-16/h1-4,10,12-13,17-19H,5-8H2,(H2,15,21). The first-order chi connectivity index (χ1) is 9.95. The fraction of sp³-hybridized carbons (Fsp3) is 0.500. The first-order valence-electron chi connectivity index (χ1n) is 6.75. The lowest BCUT2D eigenvalue weighted by Crippen LogP contribution is -2.35. The summed E-state index contributed by atoms with van der Waals surface area (Å²) in [7, 11) is 0. The lowest BCUT2D eigenvalue weighted by atomic mass is 10.2. The average Bonchev–Trinajstić information content (AvgIpc) is 2.75. The number of hydrogen-bond acceptors (Lipinski definition) is 6. The van der Waals surface area contributed by atoms with Crippen LogP contribution < -0.4 is 10.5 Å². The molecule has 1 aliphatic heterocycles. The molecule has 6 nitrogen and oxygen atoms in total. The van der Waals surface area contributed by atoms with Crippen LogP contribution >= 0.6 is 12.2 Å². The Morgan fingerprint density at radius 1 is 1.38 bits per heavy atom. The van der Waals surface area contributed by atoms with E-state index < -0.39 is 18.3 Å². The van der Waals surface area contributed by atoms with Crippen molar-refractivity contribution in [2.45, 2.75) is 18.3 Å². The predicted molar refractivity (Wildman–Crippen MR) is 82.3 cm³/mol. The van der Waals surface area contributed by atoms with E-state index in [0.29, 0.717) is 35.9 Å². The number of thiocarbonyl (C=S) groups is 1. The molecule has 0 spiro atoms. The van der Waals surface area contributed by atoms with Gasteiger partial charge in [0.15, 0.2) is 0 Å². The first-order valence-corrected chi connectivity index (χ1v) is 7.15. The van der Waals surface area contributed by atoms with Crippen molar-refractivity contribution in [1.29, 1.82) is 0 Å². The lowest BCUT2D eigenvalue weighted by Gasteiger charge is -2.19. The van der Waals surface area contributed by atoms with Crippen molar-refractivity contribution in [3.05, 3.63) is 29.8 Å². The summed E-state index contributed by atoms with van der Waals surface area (Å²) in [5.41, 5.74) is 6.26. The van der Waals surface area contributed by atoms with Crippen molar-refractivity contribution in [3.8, 4) is 5.75 Å². The number of benzene rings is 1. The maximum atomic E-state index is 9.94. The van der Waals surface area contributed by atoms with Gasteiger partial charge in [-0.05, 0) is 12.1 Å². The van der Waals surface area contributed by atoms with E-state index in [9.17, 15) is 15.3 Å². The van der Waals surface area contributed by atoms with Crippen molar-refractivity contribution in [1.82, 2.24) is 4.90 Å². The van der Waals surface area contributed by atoms with Gasteiger partial charge >= 0.3 is 0 Å². The monoisotopic (exact) mass is 312 g/mol. The number of hydrogen-bond donors (Lipinski definition) is 4. The van der Waals surface area contributed by atoms with Crippen LogP contribution in [0.1, 0.15) is 5.56 Å². The topological polar surface area (TPSA) is 99.2 Å². The Kier molecular flexibility index (Phi) is 5.49.